The van der Waals surface area contributed by atoms with Gasteiger partial charge in [0.15, 0.2) is 0 Å². The van der Waals surface area contributed by atoms with Gasteiger partial charge in [0, 0.05) is 70.8 Å². The monoisotopic (exact) mass is 1020 g/mol. The molecule has 0 radical (unpaired) electrons. The Balaban J connectivity index is 0. The highest BCUT2D eigenvalue weighted by atomic mass is 80.9. The van der Waals surface area contributed by atoms with Gasteiger partial charge in [0.25, 0.3) is 0 Å². The van der Waals surface area contributed by atoms with Gasteiger partial charge in [0.05, 0.1) is 11.2 Å². The first-order valence-electron chi connectivity index (χ1n) is 30.5. The lowest BCUT2D eigenvalue weighted by molar-refractivity contribution is 0.420. The van der Waals surface area contributed by atoms with Crippen molar-refractivity contribution in [3.63, 3.8) is 0 Å². The number of rotatable bonds is 0. The molecule has 0 aliphatic heterocycles. The summed E-state index contributed by atoms with van der Waals surface area (Å²) in [6.07, 6.45) is 0. The van der Waals surface area contributed by atoms with E-state index in [0.717, 1.165) is 24.6 Å². The van der Waals surface area contributed by atoms with Crippen LogP contribution in [-0.2, 0) is 37.9 Å². The zero-order valence-electron chi connectivity index (χ0n) is 61.4. The maximum absolute atomic E-state index is 11.1. The lowest BCUT2D eigenvalue weighted by atomic mass is 9.75. The standard InChI is InChI=1S/C18H30O.C14H21BrO.C14H22O.CH2Cl2.Br2/c1-16(2,3)12-10-13(17(4,5)6)15(19)14(11-12)18(7,8)9;1-13(2,3)9-7-10(14(4,5)6)12(16)11(15)8-9;1-13(2,3)10-7-8-12(15)11(9-10)14(4,5)6;2-1-3;1-2/h10-11,19H,1-9H3;7-8,16H,1-6H3;7-9,15H,1-6H3;1H2;/i4D3,5D3,6D3,7D3;4D3,5D3;4D3,5D3,6D3,8D;;. The number of hydrogen-bond acceptors (Lipinski definition) is 3. The molecule has 0 aromatic heterocycles. The van der Waals surface area contributed by atoms with Crippen LogP contribution in [0.2, 0.25) is 0 Å². The Hall–Kier alpha value is -0.920. The van der Waals surface area contributed by atoms with Crippen molar-refractivity contribution in [2.24, 2.45) is 0 Å². The minimum atomic E-state index is -3.58. The van der Waals surface area contributed by atoms with Gasteiger partial charge in [-0.25, -0.2) is 0 Å². The predicted octanol–water partition coefficient (Wildman–Crippen LogP) is 17.1. The van der Waals surface area contributed by atoms with Crippen LogP contribution in [0.1, 0.15) is 222 Å². The summed E-state index contributed by atoms with van der Waals surface area (Å²) in [4.78, 5) is 0. The summed E-state index contributed by atoms with van der Waals surface area (Å²) < 4.78 is 219. The topological polar surface area (TPSA) is 60.7 Å². The molecule has 0 atom stereocenters. The highest BCUT2D eigenvalue weighted by molar-refractivity contribution is 9.93. The van der Waals surface area contributed by atoms with Gasteiger partial charge in [-0.15, -0.1) is 23.2 Å². The number of benzene rings is 3. The van der Waals surface area contributed by atoms with Gasteiger partial charge in [-0.2, -0.15) is 0 Å². The van der Waals surface area contributed by atoms with Crippen LogP contribution in [0.4, 0.5) is 0 Å². The summed E-state index contributed by atoms with van der Waals surface area (Å²) in [5.41, 5.74) is -12.9. The summed E-state index contributed by atoms with van der Waals surface area (Å²) in [7, 11) is 0. The van der Waals surface area contributed by atoms with E-state index in [1.165, 1.54) is 32.0 Å². The Bertz CT molecular complexity index is 2550. The molecule has 0 unspecified atom stereocenters. The Morgan fingerprint density at radius 3 is 1.16 bits per heavy atom. The van der Waals surface area contributed by atoms with Crippen molar-refractivity contribution in [1.82, 2.24) is 0 Å². The van der Waals surface area contributed by atoms with Gasteiger partial charge in [-0.1, -0.05) is 175 Å². The lowest BCUT2D eigenvalue weighted by Crippen LogP contribution is -2.21. The van der Waals surface area contributed by atoms with Crippen LogP contribution in [0.25, 0.3) is 0 Å². The van der Waals surface area contributed by atoms with Gasteiger partial charge >= 0.3 is 0 Å². The third kappa shape index (κ3) is 18.7. The number of halogens is 5. The van der Waals surface area contributed by atoms with Crippen molar-refractivity contribution in [3.8, 4) is 17.2 Å². The zero-order valence-corrected chi connectivity index (χ0v) is 39.7. The average Bonchev–Trinajstić information content (AvgIpc) is 3.20. The van der Waals surface area contributed by atoms with E-state index in [0.29, 0.717) is 11.1 Å². The second-order valence-corrected chi connectivity index (χ2v) is 18.2. The van der Waals surface area contributed by atoms with E-state index in [4.69, 9.17) is 61.6 Å². The van der Waals surface area contributed by atoms with Crippen molar-refractivity contribution in [2.75, 3.05) is 5.34 Å². The van der Waals surface area contributed by atoms with E-state index in [1.807, 2.05) is 20.8 Å². The van der Waals surface area contributed by atoms with Crippen molar-refractivity contribution >= 4 is 67.4 Å². The number of hydrogen-bond donors (Lipinski definition) is 3. The first kappa shape index (κ1) is 23.8. The van der Waals surface area contributed by atoms with Crippen molar-refractivity contribution in [3.05, 3.63) is 85.9 Å². The molecule has 3 nitrogen and oxygen atoms in total. The molecule has 3 N–H and O–H groups in total. The summed E-state index contributed by atoms with van der Waals surface area (Å²) in [6.45, 7) is -9.55. The molecule has 0 saturated heterocycles. The Kier molecular flexibility index (Phi) is 9.23. The van der Waals surface area contributed by atoms with E-state index in [1.54, 1.807) is 47.6 Å². The fourth-order valence-corrected chi connectivity index (χ4v) is 4.91. The number of alkyl halides is 2. The van der Waals surface area contributed by atoms with Crippen LogP contribution >= 0.6 is 67.4 Å². The number of aromatic hydroxyl groups is 3. The second-order valence-electron chi connectivity index (χ2n) is 16.5. The highest BCUT2D eigenvalue weighted by Gasteiger charge is 2.29. The number of phenolic OH excluding ortho intramolecular Hbond substituents is 3. The first-order valence-corrected chi connectivity index (χ1v) is 22.1. The molecule has 0 bridgehead atoms. The molecule has 0 amide bonds. The predicted molar refractivity (Wildman–Crippen MR) is 257 cm³/mol. The van der Waals surface area contributed by atoms with Gasteiger partial charge in [-0.3, -0.25) is 0 Å². The maximum atomic E-state index is 11.1. The van der Waals surface area contributed by atoms with Crippen LogP contribution in [0.5, 0.6) is 17.2 Å². The van der Waals surface area contributed by atoms with Gasteiger partial charge in [0.1, 0.15) is 17.2 Å². The van der Waals surface area contributed by atoms with Crippen LogP contribution in [0, 0.1) is 0 Å². The quantitative estimate of drug-likeness (QED) is 0.197. The Labute approximate surface area is 411 Å². The highest BCUT2D eigenvalue weighted by Crippen LogP contribution is 2.43. The summed E-state index contributed by atoms with van der Waals surface area (Å²) in [5, 5.41) is 31.9. The van der Waals surface area contributed by atoms with Crippen LogP contribution in [0.3, 0.4) is 0 Å². The van der Waals surface area contributed by atoms with E-state index >= 15 is 0 Å². The molecule has 0 aliphatic rings. The smallest absolute Gasteiger partial charge is 0.133 e. The van der Waals surface area contributed by atoms with E-state index in [-0.39, 0.29) is 32.1 Å². The summed E-state index contributed by atoms with van der Waals surface area (Å²) in [5.74, 6) is -2.24. The second kappa shape index (κ2) is 21.4. The van der Waals surface area contributed by atoms with Crippen LogP contribution in [-0.4, -0.2) is 20.7 Å². The molecule has 0 fully saturated rings. The fourth-order valence-electron chi connectivity index (χ4n) is 4.45. The molecule has 3 aromatic carbocycles. The van der Waals surface area contributed by atoms with Gasteiger partial charge in [-0.05, 0) is 99.3 Å². The fraction of sp³-hybridized carbons (Fsp3) is 0.617. The minimum absolute atomic E-state index is 0.0909. The molecule has 0 heterocycles. The SMILES string of the molecule is BrBr.ClCCl.[2H]C([2H])([2H])C(C)(C)c1cc(C(C)(C)C)cc(C(C([2H])([2H])[2H])(C([2H])([2H])[2H])C([2H])([2H])[2H])c1O.[2H]C([2H])([2H])C(C)(c1cc(C(C)(C)C)cc(Br)c1O)C([2H])([2H])[2H].[2H]c1cc(C(C)(C)C)cc(C(C([2H])([2H])[2H])(C([2H])([2H])[2H])C([2H])([2H])[2H])c1O. The molecule has 3 rings (SSSR count). The molecule has 316 valence electrons. The Morgan fingerprint density at radius 1 is 0.491 bits per heavy atom. The molecule has 0 saturated carbocycles. The molecule has 0 aliphatic carbocycles. The van der Waals surface area contributed by atoms with E-state index in [2.05, 4.69) is 44.2 Å². The third-order valence-electron chi connectivity index (χ3n) is 7.71. The molecular formula is C47H75Br3Cl2O3. The third-order valence-corrected chi connectivity index (χ3v) is 8.32. The maximum Gasteiger partial charge on any atom is 0.133 e. The van der Waals surface area contributed by atoms with Crippen molar-refractivity contribution in [2.45, 2.75) is 183 Å². The molecule has 0 spiro atoms. The zero-order chi connectivity index (χ0) is 67.9. The molecule has 8 heteroatoms. The summed E-state index contributed by atoms with van der Waals surface area (Å²) >= 11 is 18.2. The van der Waals surface area contributed by atoms with Crippen LogP contribution < -0.4 is 0 Å². The average molecular weight is 1030 g/mol. The minimum Gasteiger partial charge on any atom is -0.508 e. The van der Waals surface area contributed by atoms with E-state index < -0.39 is 123 Å². The van der Waals surface area contributed by atoms with E-state index in [9.17, 15) is 15.3 Å². The molecule has 55 heavy (non-hydrogen) atoms. The number of phenols is 3. The largest absolute Gasteiger partial charge is 0.508 e. The lowest BCUT2D eigenvalue weighted by Gasteiger charge is -2.31. The van der Waals surface area contributed by atoms with Gasteiger partial charge < -0.3 is 15.3 Å². The van der Waals surface area contributed by atoms with Gasteiger partial charge in [0.2, 0.25) is 0 Å². The summed E-state index contributed by atoms with van der Waals surface area (Å²) in [6, 6.07) is 7.43. The van der Waals surface area contributed by atoms with Crippen molar-refractivity contribution in [1.29, 1.82) is 0 Å². The molecule has 3 aromatic rings. The normalized spacial score (nSPS) is 22.1. The first-order chi connectivity index (χ1) is 36.0. The molecular weight excluding hydrogens is 923 g/mol. The Morgan fingerprint density at radius 2 is 0.800 bits per heavy atom. The van der Waals surface area contributed by atoms with Crippen molar-refractivity contribution < 1.29 is 53.7 Å². The van der Waals surface area contributed by atoms with Crippen LogP contribution in [0.15, 0.2) is 46.9 Å².